The van der Waals surface area contributed by atoms with Crippen molar-refractivity contribution >= 4 is 5.97 Å². The summed E-state index contributed by atoms with van der Waals surface area (Å²) >= 11 is 0. The minimum atomic E-state index is -0.706. The minimum Gasteiger partial charge on any atom is -0.481 e. The third-order valence-corrected chi connectivity index (χ3v) is 4.60. The number of hydrogen-bond acceptors (Lipinski definition) is 3. The predicted octanol–water partition coefficient (Wildman–Crippen LogP) is 2.93. The molecule has 5 nitrogen and oxygen atoms in total. The van der Waals surface area contributed by atoms with E-state index < -0.39 is 5.97 Å². The monoisotopic (exact) mass is 313 g/mol. The van der Waals surface area contributed by atoms with Gasteiger partial charge in [0.2, 0.25) is 0 Å². The average Bonchev–Trinajstić information content (AvgIpc) is 3.10. The summed E-state index contributed by atoms with van der Waals surface area (Å²) in [5, 5.41) is 13.5. The Labute approximate surface area is 136 Å². The van der Waals surface area contributed by atoms with Crippen LogP contribution in [0.4, 0.5) is 0 Å². The van der Waals surface area contributed by atoms with Gasteiger partial charge in [-0.3, -0.25) is 9.69 Å². The van der Waals surface area contributed by atoms with Crippen molar-refractivity contribution < 1.29 is 9.90 Å². The topological polar surface area (TPSA) is 58.4 Å². The molecule has 2 heterocycles. The van der Waals surface area contributed by atoms with E-state index in [0.717, 1.165) is 37.3 Å². The van der Waals surface area contributed by atoms with E-state index in [0.29, 0.717) is 0 Å². The third kappa shape index (κ3) is 3.62. The van der Waals surface area contributed by atoms with Crippen molar-refractivity contribution in [3.63, 3.8) is 0 Å². The summed E-state index contributed by atoms with van der Waals surface area (Å²) in [5.74, 6) is -0.706. The molecule has 0 spiro atoms. The molecule has 1 unspecified atom stereocenters. The van der Waals surface area contributed by atoms with E-state index in [4.69, 9.17) is 5.11 Å². The van der Waals surface area contributed by atoms with E-state index in [1.54, 1.807) is 0 Å². The van der Waals surface area contributed by atoms with E-state index in [1.807, 2.05) is 23.9 Å². The number of aryl methyl sites for hydroxylation is 2. The van der Waals surface area contributed by atoms with Crippen molar-refractivity contribution in [3.05, 3.63) is 47.3 Å². The smallest absolute Gasteiger partial charge is 0.304 e. The highest BCUT2D eigenvalue weighted by atomic mass is 16.4. The van der Waals surface area contributed by atoms with Gasteiger partial charge in [0.1, 0.15) is 0 Å². The second-order valence-electron chi connectivity index (χ2n) is 6.38. The standard InChI is InChI=1S/C18H23N3O2/c1-13-10-17(21-9-7-14(2)19-21)6-5-15(13)12-20-8-3-4-16(20)11-18(22)23/h5-7,9-10,16H,3-4,8,11-12H2,1-2H3,(H,22,23). The summed E-state index contributed by atoms with van der Waals surface area (Å²) in [5.41, 5.74) is 4.54. The van der Waals surface area contributed by atoms with Crippen molar-refractivity contribution in [2.75, 3.05) is 6.54 Å². The molecule has 0 saturated carbocycles. The Balaban J connectivity index is 1.74. The van der Waals surface area contributed by atoms with Crippen molar-refractivity contribution in [1.29, 1.82) is 0 Å². The Morgan fingerprint density at radius 1 is 1.35 bits per heavy atom. The fourth-order valence-electron chi connectivity index (χ4n) is 3.31. The molecule has 0 radical (unpaired) electrons. The summed E-state index contributed by atoms with van der Waals surface area (Å²) in [6, 6.07) is 8.52. The molecule has 23 heavy (non-hydrogen) atoms. The molecule has 0 bridgehead atoms. The predicted molar refractivity (Wildman–Crippen MR) is 88.7 cm³/mol. The van der Waals surface area contributed by atoms with Crippen LogP contribution in [-0.4, -0.2) is 38.3 Å². The number of carbonyl (C=O) groups is 1. The van der Waals surface area contributed by atoms with Crippen LogP contribution in [-0.2, 0) is 11.3 Å². The van der Waals surface area contributed by atoms with Crippen LogP contribution in [0.25, 0.3) is 5.69 Å². The number of aromatic nitrogens is 2. The van der Waals surface area contributed by atoms with E-state index >= 15 is 0 Å². The van der Waals surface area contributed by atoms with Gasteiger partial charge in [0, 0.05) is 18.8 Å². The van der Waals surface area contributed by atoms with Crippen molar-refractivity contribution in [2.24, 2.45) is 0 Å². The van der Waals surface area contributed by atoms with E-state index in [1.165, 1.54) is 11.1 Å². The molecule has 0 aliphatic carbocycles. The molecular weight excluding hydrogens is 290 g/mol. The summed E-state index contributed by atoms with van der Waals surface area (Å²) in [6.07, 6.45) is 4.27. The van der Waals surface area contributed by atoms with Crippen LogP contribution in [0.5, 0.6) is 0 Å². The number of likely N-dealkylation sites (tertiary alicyclic amines) is 1. The van der Waals surface area contributed by atoms with Gasteiger partial charge in [-0.25, -0.2) is 4.68 Å². The summed E-state index contributed by atoms with van der Waals surface area (Å²) in [6.45, 7) is 5.89. The first-order chi connectivity index (χ1) is 11.0. The second-order valence-corrected chi connectivity index (χ2v) is 6.38. The fraction of sp³-hybridized carbons (Fsp3) is 0.444. The highest BCUT2D eigenvalue weighted by molar-refractivity contribution is 5.67. The largest absolute Gasteiger partial charge is 0.481 e. The zero-order chi connectivity index (χ0) is 16.4. The van der Waals surface area contributed by atoms with Gasteiger partial charge >= 0.3 is 5.97 Å². The van der Waals surface area contributed by atoms with E-state index in [9.17, 15) is 4.79 Å². The molecule has 1 aromatic carbocycles. The Morgan fingerprint density at radius 2 is 2.17 bits per heavy atom. The molecule has 3 rings (SSSR count). The lowest BCUT2D eigenvalue weighted by Gasteiger charge is -2.24. The van der Waals surface area contributed by atoms with Crippen LogP contribution >= 0.6 is 0 Å². The highest BCUT2D eigenvalue weighted by Crippen LogP contribution is 2.24. The average molecular weight is 313 g/mol. The van der Waals surface area contributed by atoms with Crippen LogP contribution in [0.15, 0.2) is 30.5 Å². The maximum Gasteiger partial charge on any atom is 0.304 e. The van der Waals surface area contributed by atoms with Gasteiger partial charge in [-0.1, -0.05) is 6.07 Å². The summed E-state index contributed by atoms with van der Waals surface area (Å²) in [7, 11) is 0. The number of hydrogen-bond donors (Lipinski definition) is 1. The van der Waals surface area contributed by atoms with Gasteiger partial charge in [0.15, 0.2) is 0 Å². The minimum absolute atomic E-state index is 0.167. The van der Waals surface area contributed by atoms with Crippen molar-refractivity contribution in [3.8, 4) is 5.69 Å². The molecule has 1 fully saturated rings. The molecule has 2 aromatic rings. The number of nitrogens with zero attached hydrogens (tertiary/aromatic N) is 3. The lowest BCUT2D eigenvalue weighted by atomic mass is 10.1. The molecule has 0 amide bonds. The Kier molecular flexibility index (Phi) is 4.48. The van der Waals surface area contributed by atoms with Crippen molar-refractivity contribution in [2.45, 2.75) is 45.7 Å². The Morgan fingerprint density at radius 3 is 2.83 bits per heavy atom. The zero-order valence-electron chi connectivity index (χ0n) is 13.7. The van der Waals surface area contributed by atoms with Gasteiger partial charge in [-0.15, -0.1) is 0 Å². The number of benzene rings is 1. The summed E-state index contributed by atoms with van der Waals surface area (Å²) in [4.78, 5) is 13.3. The maximum atomic E-state index is 11.0. The molecule has 1 aliphatic rings. The molecule has 5 heteroatoms. The van der Waals surface area contributed by atoms with Crippen LogP contribution in [0.1, 0.15) is 36.1 Å². The number of rotatable bonds is 5. The van der Waals surface area contributed by atoms with Gasteiger partial charge in [0.25, 0.3) is 0 Å². The lowest BCUT2D eigenvalue weighted by molar-refractivity contribution is -0.138. The normalized spacial score (nSPS) is 18.4. The number of carboxylic acid groups (broad SMARTS) is 1. The van der Waals surface area contributed by atoms with E-state index in [-0.39, 0.29) is 12.5 Å². The number of aliphatic carboxylic acids is 1. The quantitative estimate of drug-likeness (QED) is 0.922. The zero-order valence-corrected chi connectivity index (χ0v) is 13.7. The van der Waals surface area contributed by atoms with Crippen molar-refractivity contribution in [1.82, 2.24) is 14.7 Å². The fourth-order valence-corrected chi connectivity index (χ4v) is 3.31. The highest BCUT2D eigenvalue weighted by Gasteiger charge is 2.26. The SMILES string of the molecule is Cc1ccn(-c2ccc(CN3CCCC3CC(=O)O)c(C)c2)n1. The van der Waals surface area contributed by atoms with E-state index in [2.05, 4.69) is 35.1 Å². The molecule has 1 N–H and O–H groups in total. The second kappa shape index (κ2) is 6.54. The van der Waals surface area contributed by atoms with Gasteiger partial charge in [-0.05, 0) is 62.6 Å². The molecule has 1 aliphatic heterocycles. The maximum absolute atomic E-state index is 11.0. The first-order valence-electron chi connectivity index (χ1n) is 8.11. The Hall–Kier alpha value is -2.14. The van der Waals surface area contributed by atoms with Crippen LogP contribution in [0.2, 0.25) is 0 Å². The first kappa shape index (κ1) is 15.7. The molecular formula is C18H23N3O2. The third-order valence-electron chi connectivity index (χ3n) is 4.60. The van der Waals surface area contributed by atoms with Crippen LogP contribution < -0.4 is 0 Å². The van der Waals surface area contributed by atoms with Crippen LogP contribution in [0.3, 0.4) is 0 Å². The summed E-state index contributed by atoms with van der Waals surface area (Å²) < 4.78 is 1.88. The first-order valence-corrected chi connectivity index (χ1v) is 8.11. The van der Waals surface area contributed by atoms with Gasteiger partial charge < -0.3 is 5.11 Å². The molecule has 1 atom stereocenters. The number of carboxylic acids is 1. The molecule has 1 saturated heterocycles. The lowest BCUT2D eigenvalue weighted by Crippen LogP contribution is -2.31. The van der Waals surface area contributed by atoms with Gasteiger partial charge in [-0.2, -0.15) is 5.10 Å². The molecule has 1 aromatic heterocycles. The van der Waals surface area contributed by atoms with Crippen LogP contribution in [0, 0.1) is 13.8 Å². The van der Waals surface area contributed by atoms with Gasteiger partial charge in [0.05, 0.1) is 17.8 Å². The Bertz CT molecular complexity index is 708. The molecule has 122 valence electrons.